The molecule has 2 fully saturated rings. The molecule has 0 spiro atoms. The number of carbonyl (C=O) groups excluding carboxylic acids is 1. The van der Waals surface area contributed by atoms with Crippen LogP contribution in [0.5, 0.6) is 0 Å². The van der Waals surface area contributed by atoms with Crippen molar-refractivity contribution >= 4 is 5.97 Å². The molecule has 27 heavy (non-hydrogen) atoms. The van der Waals surface area contributed by atoms with Gasteiger partial charge < -0.3 is 4.74 Å². The predicted octanol–water partition coefficient (Wildman–Crippen LogP) is 5.65. The van der Waals surface area contributed by atoms with Gasteiger partial charge in [0.05, 0.1) is 5.56 Å². The number of benzene rings is 1. The zero-order valence-electron chi connectivity index (χ0n) is 16.0. The van der Waals surface area contributed by atoms with E-state index in [0.717, 1.165) is 55.9 Å². The Labute approximate surface area is 161 Å². The lowest BCUT2D eigenvalue weighted by atomic mass is 9.69. The molecule has 0 atom stereocenters. The molecule has 0 saturated heterocycles. The van der Waals surface area contributed by atoms with Gasteiger partial charge in [0.25, 0.3) is 0 Å². The molecule has 144 valence electrons. The highest BCUT2D eigenvalue weighted by atomic mass is 19.1. The average Bonchev–Trinajstić information content (AvgIpc) is 2.69. The minimum absolute atomic E-state index is 0.0721. The zero-order valence-corrected chi connectivity index (χ0v) is 16.0. The number of hydrogen-bond acceptors (Lipinski definition) is 3. The number of carbonyl (C=O) groups is 1. The van der Waals surface area contributed by atoms with Crippen molar-refractivity contribution in [1.29, 1.82) is 5.26 Å². The summed E-state index contributed by atoms with van der Waals surface area (Å²) in [5.74, 6) is 1.23. The summed E-state index contributed by atoms with van der Waals surface area (Å²) < 4.78 is 19.4. The molecule has 1 aromatic rings. The molecule has 0 N–H and O–H groups in total. The van der Waals surface area contributed by atoms with Crippen molar-refractivity contribution in [2.24, 2.45) is 11.8 Å². The number of ether oxygens (including phenoxy) is 1. The molecule has 0 aromatic heterocycles. The molecule has 0 heterocycles. The standard InChI is InChI=1S/C23H28FNO2/c1-2-3-23(26)27-21-12-10-17(11-13-21)16-4-6-18(7-5-16)19-8-9-20(15-25)22(24)14-19/h2-3,8-9,14,16-18,21H,4-7,10-13H2,1H3. The van der Waals surface area contributed by atoms with Gasteiger partial charge in [0.15, 0.2) is 0 Å². The van der Waals surface area contributed by atoms with E-state index in [1.807, 2.05) is 19.1 Å². The maximum Gasteiger partial charge on any atom is 0.330 e. The summed E-state index contributed by atoms with van der Waals surface area (Å²) in [4.78, 5) is 11.6. The van der Waals surface area contributed by atoms with E-state index >= 15 is 0 Å². The zero-order chi connectivity index (χ0) is 19.2. The second-order valence-corrected chi connectivity index (χ2v) is 7.94. The van der Waals surface area contributed by atoms with E-state index in [-0.39, 0.29) is 17.6 Å². The van der Waals surface area contributed by atoms with Gasteiger partial charge in [-0.05, 0) is 93.7 Å². The second-order valence-electron chi connectivity index (χ2n) is 7.94. The topological polar surface area (TPSA) is 50.1 Å². The minimum Gasteiger partial charge on any atom is -0.459 e. The maximum atomic E-state index is 13.9. The van der Waals surface area contributed by atoms with Crippen molar-refractivity contribution in [1.82, 2.24) is 0 Å². The second kappa shape index (κ2) is 9.17. The van der Waals surface area contributed by atoms with Crippen LogP contribution >= 0.6 is 0 Å². The molecular weight excluding hydrogens is 341 g/mol. The molecule has 3 nitrogen and oxygen atoms in total. The van der Waals surface area contributed by atoms with Gasteiger partial charge in [-0.1, -0.05) is 12.1 Å². The van der Waals surface area contributed by atoms with Crippen LogP contribution in [0.3, 0.4) is 0 Å². The van der Waals surface area contributed by atoms with Crippen molar-refractivity contribution in [3.8, 4) is 6.07 Å². The number of nitrogens with zero attached hydrogens (tertiary/aromatic N) is 1. The fourth-order valence-electron chi connectivity index (χ4n) is 4.82. The lowest BCUT2D eigenvalue weighted by Crippen LogP contribution is -2.29. The van der Waals surface area contributed by atoms with Gasteiger partial charge >= 0.3 is 5.97 Å². The molecule has 0 unspecified atom stereocenters. The van der Waals surface area contributed by atoms with Crippen LogP contribution in [0.2, 0.25) is 0 Å². The lowest BCUT2D eigenvalue weighted by molar-refractivity contribution is -0.145. The van der Waals surface area contributed by atoms with Crippen molar-refractivity contribution in [3.05, 3.63) is 47.3 Å². The third kappa shape index (κ3) is 4.97. The van der Waals surface area contributed by atoms with Crippen molar-refractivity contribution in [3.63, 3.8) is 0 Å². The first-order valence-corrected chi connectivity index (χ1v) is 10.1. The van der Waals surface area contributed by atoms with Crippen LogP contribution in [-0.2, 0) is 9.53 Å². The normalized spacial score (nSPS) is 28.6. The Morgan fingerprint density at radius 3 is 2.30 bits per heavy atom. The molecule has 3 rings (SSSR count). The van der Waals surface area contributed by atoms with Crippen molar-refractivity contribution in [2.45, 2.75) is 70.3 Å². The Bertz CT molecular complexity index is 720. The predicted molar refractivity (Wildman–Crippen MR) is 102 cm³/mol. The summed E-state index contributed by atoms with van der Waals surface area (Å²) in [7, 11) is 0. The Morgan fingerprint density at radius 1 is 1.11 bits per heavy atom. The molecule has 0 aliphatic heterocycles. The SMILES string of the molecule is CC=CC(=O)OC1CCC(C2CCC(c3ccc(C#N)c(F)c3)CC2)CC1. The summed E-state index contributed by atoms with van der Waals surface area (Å²) in [6.07, 6.45) is 12.0. The van der Waals surface area contributed by atoms with E-state index in [4.69, 9.17) is 10.00 Å². The van der Waals surface area contributed by atoms with Gasteiger partial charge in [-0.2, -0.15) is 5.26 Å². The van der Waals surface area contributed by atoms with Crippen LogP contribution in [0.15, 0.2) is 30.4 Å². The minimum atomic E-state index is -0.400. The van der Waals surface area contributed by atoms with Gasteiger partial charge in [0.1, 0.15) is 18.0 Å². The Morgan fingerprint density at radius 2 is 1.74 bits per heavy atom. The highest BCUT2D eigenvalue weighted by Crippen LogP contribution is 2.43. The van der Waals surface area contributed by atoms with Gasteiger partial charge in [-0.3, -0.25) is 0 Å². The van der Waals surface area contributed by atoms with Crippen LogP contribution in [0.1, 0.15) is 75.3 Å². The van der Waals surface area contributed by atoms with Gasteiger partial charge in [-0.25, -0.2) is 9.18 Å². The lowest BCUT2D eigenvalue weighted by Gasteiger charge is -2.37. The molecule has 4 heteroatoms. The molecule has 0 radical (unpaired) electrons. The van der Waals surface area contributed by atoms with Crippen LogP contribution in [0, 0.1) is 29.0 Å². The van der Waals surface area contributed by atoms with E-state index in [1.54, 1.807) is 18.2 Å². The molecule has 2 saturated carbocycles. The number of esters is 1. The smallest absolute Gasteiger partial charge is 0.330 e. The molecule has 1 aromatic carbocycles. The maximum absolute atomic E-state index is 13.9. The van der Waals surface area contributed by atoms with E-state index in [2.05, 4.69) is 0 Å². The van der Waals surface area contributed by atoms with E-state index in [0.29, 0.717) is 5.92 Å². The van der Waals surface area contributed by atoms with Crippen LogP contribution in [-0.4, -0.2) is 12.1 Å². The first-order valence-electron chi connectivity index (χ1n) is 10.1. The highest BCUT2D eigenvalue weighted by molar-refractivity contribution is 5.81. The average molecular weight is 369 g/mol. The molecule has 2 aliphatic carbocycles. The highest BCUT2D eigenvalue weighted by Gasteiger charge is 2.32. The van der Waals surface area contributed by atoms with Gasteiger partial charge in [-0.15, -0.1) is 0 Å². The van der Waals surface area contributed by atoms with E-state index < -0.39 is 5.82 Å². The number of allylic oxidation sites excluding steroid dienone is 1. The van der Waals surface area contributed by atoms with E-state index in [1.165, 1.54) is 18.9 Å². The van der Waals surface area contributed by atoms with Crippen LogP contribution in [0.25, 0.3) is 0 Å². The summed E-state index contributed by atoms with van der Waals surface area (Å²) in [5, 5.41) is 8.87. The van der Waals surface area contributed by atoms with Gasteiger partial charge in [0.2, 0.25) is 0 Å². The Balaban J connectivity index is 1.47. The van der Waals surface area contributed by atoms with Crippen molar-refractivity contribution < 1.29 is 13.9 Å². The van der Waals surface area contributed by atoms with Crippen molar-refractivity contribution in [2.75, 3.05) is 0 Å². The fourth-order valence-corrected chi connectivity index (χ4v) is 4.82. The summed E-state index contributed by atoms with van der Waals surface area (Å²) in [6.45, 7) is 1.82. The van der Waals surface area contributed by atoms with E-state index in [9.17, 15) is 9.18 Å². The fraction of sp³-hybridized carbons (Fsp3) is 0.565. The number of nitriles is 1. The largest absolute Gasteiger partial charge is 0.459 e. The number of hydrogen-bond donors (Lipinski definition) is 0. The number of halogens is 1. The molecule has 0 amide bonds. The first-order chi connectivity index (χ1) is 13.1. The third-order valence-corrected chi connectivity index (χ3v) is 6.33. The molecule has 2 aliphatic rings. The quantitative estimate of drug-likeness (QED) is 0.509. The monoisotopic (exact) mass is 369 g/mol. The Kier molecular flexibility index (Phi) is 6.66. The summed E-state index contributed by atoms with van der Waals surface area (Å²) in [5.41, 5.74) is 1.16. The molecular formula is C23H28FNO2. The van der Waals surface area contributed by atoms with Crippen LogP contribution < -0.4 is 0 Å². The summed E-state index contributed by atoms with van der Waals surface area (Å²) >= 11 is 0. The van der Waals surface area contributed by atoms with Gasteiger partial charge in [0, 0.05) is 6.08 Å². The molecule has 0 bridgehead atoms. The number of rotatable bonds is 4. The van der Waals surface area contributed by atoms with Crippen LogP contribution in [0.4, 0.5) is 4.39 Å². The Hall–Kier alpha value is -2.15. The first kappa shape index (κ1) is 19.6. The summed E-state index contributed by atoms with van der Waals surface area (Å²) in [6, 6.07) is 6.95. The third-order valence-electron chi connectivity index (χ3n) is 6.33.